The summed E-state index contributed by atoms with van der Waals surface area (Å²) in [5, 5.41) is 5.79. The number of aliphatic imine (C=N–C) groups is 3. The third-order valence-corrected chi connectivity index (χ3v) is 12.9. The lowest BCUT2D eigenvalue weighted by atomic mass is 9.87. The Labute approximate surface area is 286 Å². The Balaban J connectivity index is 1.15. The highest BCUT2D eigenvalue weighted by atomic mass is 32.1. The Kier molecular flexibility index (Phi) is 10.1. The van der Waals surface area contributed by atoms with E-state index in [0.29, 0.717) is 5.92 Å². The fourth-order valence-corrected chi connectivity index (χ4v) is 10.4. The zero-order valence-corrected chi connectivity index (χ0v) is 30.5. The highest BCUT2D eigenvalue weighted by molar-refractivity contribution is 7.12. The fraction of sp³-hybridized carbons (Fsp3) is 0.432. The molecule has 4 unspecified atom stereocenters. The van der Waals surface area contributed by atoms with E-state index in [-0.39, 0.29) is 18.1 Å². The molecule has 0 saturated heterocycles. The number of thiophene rings is 3. The summed E-state index contributed by atoms with van der Waals surface area (Å²) < 4.78 is 0. The Morgan fingerprint density at radius 1 is 0.870 bits per heavy atom. The Morgan fingerprint density at radius 3 is 2.37 bits per heavy atom. The number of nitrogens with one attached hydrogen (secondary N) is 1. The Morgan fingerprint density at radius 2 is 1.61 bits per heavy atom. The van der Waals surface area contributed by atoms with Crippen molar-refractivity contribution in [2.75, 3.05) is 13.6 Å². The van der Waals surface area contributed by atoms with Crippen molar-refractivity contribution in [3.05, 3.63) is 100 Å². The quantitative estimate of drug-likeness (QED) is 0.221. The van der Waals surface area contributed by atoms with Crippen molar-refractivity contribution >= 4 is 52.5 Å². The number of hydrogen-bond donors (Lipinski definition) is 1. The third kappa shape index (κ3) is 7.02. The van der Waals surface area contributed by atoms with Crippen molar-refractivity contribution < 1.29 is 0 Å². The van der Waals surface area contributed by atoms with E-state index >= 15 is 0 Å². The first kappa shape index (κ1) is 32.7. The lowest BCUT2D eigenvalue weighted by Gasteiger charge is -2.30. The van der Waals surface area contributed by atoms with Crippen LogP contribution in [-0.4, -0.2) is 41.9 Å². The van der Waals surface area contributed by atoms with Crippen LogP contribution in [-0.2, 0) is 12.8 Å². The second-order valence-corrected chi connectivity index (χ2v) is 16.4. The Bertz CT molecular complexity index is 1730. The van der Waals surface area contributed by atoms with Crippen molar-refractivity contribution in [1.82, 2.24) is 15.1 Å². The summed E-state index contributed by atoms with van der Waals surface area (Å²) in [6.07, 6.45) is 18.9. The van der Waals surface area contributed by atoms with Gasteiger partial charge in [-0.1, -0.05) is 6.92 Å². The second kappa shape index (κ2) is 14.2. The van der Waals surface area contributed by atoms with Crippen molar-refractivity contribution in [2.24, 2.45) is 20.9 Å². The minimum absolute atomic E-state index is 0.0668. The van der Waals surface area contributed by atoms with Crippen LogP contribution in [0.3, 0.4) is 0 Å². The van der Waals surface area contributed by atoms with Crippen molar-refractivity contribution in [3.63, 3.8) is 0 Å². The normalized spacial score (nSPS) is 21.5. The molecular weight excluding hydrogens is 625 g/mol. The highest BCUT2D eigenvalue weighted by Crippen LogP contribution is 2.41. The average molecular weight is 671 g/mol. The predicted octanol–water partition coefficient (Wildman–Crippen LogP) is 9.38. The zero-order chi connectivity index (χ0) is 32.4. The van der Waals surface area contributed by atoms with E-state index in [4.69, 9.17) is 4.99 Å². The van der Waals surface area contributed by atoms with Gasteiger partial charge < -0.3 is 15.1 Å². The molecule has 0 radical (unpaired) electrons. The number of rotatable bonds is 11. The smallest absolute Gasteiger partial charge is 0.109 e. The molecule has 9 heteroatoms. The molecule has 6 nitrogen and oxygen atoms in total. The largest absolute Gasteiger partial charge is 0.354 e. The minimum Gasteiger partial charge on any atom is -0.354 e. The summed E-state index contributed by atoms with van der Waals surface area (Å²) in [7, 11) is 2.12. The first-order valence-electron chi connectivity index (χ1n) is 16.3. The molecule has 0 spiro atoms. The molecular formula is C37H46N6S3. The standard InChI is InChI=1S/C37H46N6S3/c1-23(9-8-10-29-18-27(5)46-36(29)32-11-14-38-21-42(32)7)31-19-40-28(6)41-34(31)37-30(25(3)20-44-37)13-16-43-22-39-15-12-33(43)35-24(2)17-26(4)45-35/h11-12,14-15,17-23,32-34H,8-10,13,16H2,1-7H3,(H,40,41). The van der Waals surface area contributed by atoms with Crippen molar-refractivity contribution in [1.29, 1.82) is 0 Å². The van der Waals surface area contributed by atoms with Gasteiger partial charge in [0.05, 0.1) is 30.6 Å². The molecule has 1 N–H and O–H groups in total. The molecule has 0 aromatic carbocycles. The number of nitrogens with zero attached hydrogens (tertiary/aromatic N) is 5. The third-order valence-electron chi connectivity index (χ3n) is 9.29. The molecule has 0 amide bonds. The van der Waals surface area contributed by atoms with Crippen LogP contribution in [0.1, 0.15) is 91.5 Å². The summed E-state index contributed by atoms with van der Waals surface area (Å²) in [4.78, 5) is 25.7. The molecule has 46 heavy (non-hydrogen) atoms. The predicted molar refractivity (Wildman–Crippen MR) is 200 cm³/mol. The van der Waals surface area contributed by atoms with Gasteiger partial charge in [-0.25, -0.2) is 9.98 Å². The molecule has 0 aliphatic carbocycles. The van der Waals surface area contributed by atoms with Crippen LogP contribution in [0.5, 0.6) is 0 Å². The van der Waals surface area contributed by atoms with Gasteiger partial charge in [0.15, 0.2) is 0 Å². The van der Waals surface area contributed by atoms with Crippen molar-refractivity contribution in [2.45, 2.75) is 85.4 Å². The lowest BCUT2D eigenvalue weighted by Crippen LogP contribution is -2.30. The maximum Gasteiger partial charge on any atom is 0.109 e. The van der Waals surface area contributed by atoms with Crippen LogP contribution in [0.25, 0.3) is 0 Å². The van der Waals surface area contributed by atoms with Gasteiger partial charge in [-0.2, -0.15) is 0 Å². The summed E-state index contributed by atoms with van der Waals surface area (Å²) in [6, 6.07) is 5.27. The van der Waals surface area contributed by atoms with E-state index in [1.54, 1.807) is 0 Å². The van der Waals surface area contributed by atoms with Gasteiger partial charge in [-0.15, -0.1) is 34.0 Å². The monoisotopic (exact) mass is 670 g/mol. The first-order chi connectivity index (χ1) is 22.2. The number of likely N-dealkylation sites (N-methyl/N-ethyl adjacent to an activating group) is 1. The second-order valence-electron chi connectivity index (χ2n) is 12.9. The first-order valence-corrected chi connectivity index (χ1v) is 18.8. The summed E-state index contributed by atoms with van der Waals surface area (Å²) in [5.74, 6) is 1.41. The molecule has 3 aromatic rings. The molecule has 3 aromatic heterocycles. The molecule has 242 valence electrons. The van der Waals surface area contributed by atoms with Crippen LogP contribution >= 0.6 is 34.0 Å². The van der Waals surface area contributed by atoms with Crippen LogP contribution in [0, 0.1) is 33.6 Å². The molecule has 6 rings (SSSR count). The summed E-state index contributed by atoms with van der Waals surface area (Å²) in [6.45, 7) is 14.3. The minimum atomic E-state index is 0.0668. The van der Waals surface area contributed by atoms with E-state index in [1.807, 2.05) is 59.1 Å². The van der Waals surface area contributed by atoms with E-state index in [9.17, 15) is 0 Å². The molecule has 0 fully saturated rings. The fourth-order valence-electron chi connectivity index (χ4n) is 6.85. The van der Waals surface area contributed by atoms with Gasteiger partial charge in [0.2, 0.25) is 0 Å². The Hall–Kier alpha value is -3.27. The molecule has 3 aliphatic heterocycles. The van der Waals surface area contributed by atoms with Crippen LogP contribution < -0.4 is 5.32 Å². The average Bonchev–Trinajstić information content (AvgIpc) is 3.70. The van der Waals surface area contributed by atoms with E-state index in [0.717, 1.165) is 38.1 Å². The molecule has 3 aliphatic rings. The zero-order valence-electron chi connectivity index (χ0n) is 28.1. The molecule has 0 bridgehead atoms. The lowest BCUT2D eigenvalue weighted by molar-refractivity contribution is 0.377. The molecule has 0 saturated carbocycles. The van der Waals surface area contributed by atoms with Crippen LogP contribution in [0.15, 0.2) is 68.8 Å². The number of amidine groups is 1. The number of hydrogen-bond acceptors (Lipinski definition) is 9. The number of aryl methyl sites for hydroxylation is 5. The van der Waals surface area contributed by atoms with E-state index < -0.39 is 0 Å². The van der Waals surface area contributed by atoms with Gasteiger partial charge in [0.1, 0.15) is 6.04 Å². The maximum absolute atomic E-state index is 5.23. The van der Waals surface area contributed by atoms with Crippen LogP contribution in [0.2, 0.25) is 0 Å². The van der Waals surface area contributed by atoms with E-state index in [2.05, 4.69) is 110 Å². The van der Waals surface area contributed by atoms with Gasteiger partial charge in [0, 0.05) is 56.6 Å². The SMILES string of the molecule is CC1=NC(c2scc(C)c2CCN2C=NC=CC2c2sc(C)cc2C)C(C(C)CCCc2cc(C)sc2C2C=CN=CN2C)=CN1. The highest BCUT2D eigenvalue weighted by Gasteiger charge is 2.29. The molecule has 4 atom stereocenters. The van der Waals surface area contributed by atoms with Gasteiger partial charge in [-0.05, 0) is 124 Å². The summed E-state index contributed by atoms with van der Waals surface area (Å²) >= 11 is 5.70. The van der Waals surface area contributed by atoms with Gasteiger partial charge >= 0.3 is 0 Å². The maximum atomic E-state index is 5.23. The van der Waals surface area contributed by atoms with E-state index in [1.165, 1.54) is 52.2 Å². The topological polar surface area (TPSA) is 55.6 Å². The molecule has 6 heterocycles. The van der Waals surface area contributed by atoms with Gasteiger partial charge in [-0.3, -0.25) is 4.99 Å². The van der Waals surface area contributed by atoms with Gasteiger partial charge in [0.25, 0.3) is 0 Å². The van der Waals surface area contributed by atoms with Crippen molar-refractivity contribution in [3.8, 4) is 0 Å². The van der Waals surface area contributed by atoms with Crippen LogP contribution in [0.4, 0.5) is 0 Å². The summed E-state index contributed by atoms with van der Waals surface area (Å²) in [5.41, 5.74) is 7.05.